The van der Waals surface area contributed by atoms with Crippen LogP contribution in [0.3, 0.4) is 0 Å². The van der Waals surface area contributed by atoms with Gasteiger partial charge in [0.25, 0.3) is 0 Å². The second-order valence-corrected chi connectivity index (χ2v) is 11.7. The third-order valence-corrected chi connectivity index (χ3v) is 8.72. The molecule has 1 aliphatic rings. The highest BCUT2D eigenvalue weighted by molar-refractivity contribution is 6.72. The Morgan fingerprint density at radius 2 is 1.30 bits per heavy atom. The highest BCUT2D eigenvalue weighted by Gasteiger charge is 2.50. The van der Waals surface area contributed by atoms with E-state index in [1.165, 1.54) is 20.8 Å². The zero-order valence-electron chi connectivity index (χ0n) is 17.3. The molecule has 0 spiro atoms. The third-order valence-electron chi connectivity index (χ3n) is 4.86. The molecule has 0 amide bonds. The van der Waals surface area contributed by atoms with Gasteiger partial charge in [-0.25, -0.2) is 0 Å². The molecule has 1 fully saturated rings. The van der Waals surface area contributed by atoms with Gasteiger partial charge in [-0.1, -0.05) is 13.8 Å². The number of hydrogen-bond acceptors (Lipinski definition) is 8. The van der Waals surface area contributed by atoms with Crippen molar-refractivity contribution in [3.8, 4) is 0 Å². The smallest absolute Gasteiger partial charge is 0.303 e. The summed E-state index contributed by atoms with van der Waals surface area (Å²) in [5.74, 6) is -1.65. The zero-order valence-corrected chi connectivity index (χ0v) is 18.3. The molecule has 0 N–H and O–H groups in total. The van der Waals surface area contributed by atoms with Crippen molar-refractivity contribution in [1.82, 2.24) is 0 Å². The minimum Gasteiger partial charge on any atom is -0.456 e. The van der Waals surface area contributed by atoms with E-state index in [2.05, 4.69) is 20.4 Å². The van der Waals surface area contributed by atoms with Crippen LogP contribution in [0.5, 0.6) is 0 Å². The van der Waals surface area contributed by atoms with Crippen LogP contribution in [0, 0.1) is 0 Å². The Bertz CT molecular complexity index is 533. The van der Waals surface area contributed by atoms with Gasteiger partial charge in [-0.2, -0.15) is 0 Å². The van der Waals surface area contributed by atoms with Crippen molar-refractivity contribution in [3.63, 3.8) is 0 Å². The summed E-state index contributed by atoms with van der Waals surface area (Å²) >= 11 is 0. The van der Waals surface area contributed by atoms with Crippen LogP contribution in [-0.2, 0) is 37.8 Å². The Kier molecular flexibility index (Phi) is 8.90. The maximum atomic E-state index is 11.7. The number of esters is 3. The van der Waals surface area contributed by atoms with E-state index >= 15 is 0 Å². The highest BCUT2D eigenvalue weighted by Crippen LogP contribution is 2.30. The molecule has 0 radical (unpaired) electrons. The molecule has 0 aliphatic carbocycles. The first-order valence-electron chi connectivity index (χ1n) is 9.34. The predicted molar refractivity (Wildman–Crippen MR) is 99.5 cm³/mol. The van der Waals surface area contributed by atoms with Gasteiger partial charge in [0, 0.05) is 20.8 Å². The first kappa shape index (κ1) is 23.6. The van der Waals surface area contributed by atoms with Crippen LogP contribution >= 0.6 is 0 Å². The van der Waals surface area contributed by atoms with Gasteiger partial charge in [-0.05, 0) is 25.6 Å². The van der Waals surface area contributed by atoms with Crippen molar-refractivity contribution in [2.75, 3.05) is 6.61 Å². The van der Waals surface area contributed by atoms with E-state index in [1.807, 2.05) is 0 Å². The van der Waals surface area contributed by atoms with Crippen LogP contribution in [-0.4, -0.2) is 63.4 Å². The average Bonchev–Trinajstić information content (AvgIpc) is 2.57. The fraction of sp³-hybridized carbons (Fsp3) is 0.833. The molecule has 1 heterocycles. The molecule has 0 aromatic heterocycles. The maximum absolute atomic E-state index is 11.7. The van der Waals surface area contributed by atoms with Gasteiger partial charge in [0.2, 0.25) is 0 Å². The first-order valence-corrected chi connectivity index (χ1v) is 12.2. The molecule has 1 saturated heterocycles. The van der Waals surface area contributed by atoms with Crippen molar-refractivity contribution in [1.29, 1.82) is 0 Å². The summed E-state index contributed by atoms with van der Waals surface area (Å²) in [6.07, 6.45) is -3.98. The van der Waals surface area contributed by atoms with Crippen molar-refractivity contribution >= 4 is 26.2 Å². The van der Waals surface area contributed by atoms with Crippen LogP contribution in [0.15, 0.2) is 0 Å². The van der Waals surface area contributed by atoms with Crippen molar-refractivity contribution in [3.05, 3.63) is 0 Å². The first-order chi connectivity index (χ1) is 12.5. The number of rotatable bonds is 8. The topological polar surface area (TPSA) is 97.4 Å². The molecule has 156 valence electrons. The fourth-order valence-corrected chi connectivity index (χ4v) is 4.46. The Hall–Kier alpha value is -1.45. The Labute approximate surface area is 161 Å². The summed E-state index contributed by atoms with van der Waals surface area (Å²) in [5, 5.41) is 0. The zero-order chi connectivity index (χ0) is 20.8. The fourth-order valence-electron chi connectivity index (χ4n) is 2.98. The molecule has 27 heavy (non-hydrogen) atoms. The molecule has 1 aliphatic heterocycles. The lowest BCUT2D eigenvalue weighted by atomic mass is 9.95. The standard InChI is InChI=1S/C18H32O8Si/c1-8-27(7,9-2)22-10-15-17(25-13(5)20)18(26-14(6)21)16(11(3)23-15)24-12(4)19/h11,15-18H,8-10H2,1-7H3/t11-,15+,16+,17+,18+/m0/s1. The molecule has 0 bridgehead atoms. The molecular weight excluding hydrogens is 372 g/mol. The summed E-state index contributed by atoms with van der Waals surface area (Å²) in [5.41, 5.74) is 0. The van der Waals surface area contributed by atoms with Crippen molar-refractivity contribution in [2.45, 2.75) is 90.7 Å². The normalized spacial score (nSPS) is 28.3. The van der Waals surface area contributed by atoms with Gasteiger partial charge in [0.1, 0.15) is 6.10 Å². The van der Waals surface area contributed by atoms with E-state index in [0.29, 0.717) is 0 Å². The van der Waals surface area contributed by atoms with Gasteiger partial charge < -0.3 is 23.4 Å². The molecule has 0 saturated carbocycles. The molecular formula is C18H32O8Si. The van der Waals surface area contributed by atoms with E-state index < -0.39 is 56.7 Å². The summed E-state index contributed by atoms with van der Waals surface area (Å²) < 4.78 is 28.2. The van der Waals surface area contributed by atoms with Crippen LogP contribution < -0.4 is 0 Å². The number of carbonyl (C=O) groups is 3. The Morgan fingerprint density at radius 1 is 0.852 bits per heavy atom. The van der Waals surface area contributed by atoms with Crippen LogP contribution in [0.2, 0.25) is 18.6 Å². The Balaban J connectivity index is 3.12. The van der Waals surface area contributed by atoms with E-state index in [-0.39, 0.29) is 6.61 Å². The molecule has 9 heteroatoms. The molecule has 8 nitrogen and oxygen atoms in total. The third kappa shape index (κ3) is 6.89. The summed E-state index contributed by atoms with van der Waals surface area (Å²) in [7, 11) is -1.88. The SMILES string of the molecule is CC[Si](C)(CC)OC[C@H]1O[C@@H](C)[C@@H](OC(C)=O)[C@@H](OC(C)=O)[C@@H]1OC(C)=O. The van der Waals surface area contributed by atoms with Gasteiger partial charge in [0.15, 0.2) is 26.6 Å². The quantitative estimate of drug-likeness (QED) is 0.345. The summed E-state index contributed by atoms with van der Waals surface area (Å²) in [4.78, 5) is 34.8. The van der Waals surface area contributed by atoms with E-state index in [1.54, 1.807) is 6.92 Å². The largest absolute Gasteiger partial charge is 0.456 e. The lowest BCUT2D eigenvalue weighted by molar-refractivity contribution is -0.247. The van der Waals surface area contributed by atoms with E-state index in [9.17, 15) is 14.4 Å². The molecule has 0 aromatic carbocycles. The van der Waals surface area contributed by atoms with Crippen LogP contribution in [0.4, 0.5) is 0 Å². The second-order valence-electron chi connectivity index (χ2n) is 7.07. The van der Waals surface area contributed by atoms with Crippen molar-refractivity contribution in [2.24, 2.45) is 0 Å². The van der Waals surface area contributed by atoms with Crippen LogP contribution in [0.1, 0.15) is 41.5 Å². The van der Waals surface area contributed by atoms with Crippen LogP contribution in [0.25, 0.3) is 0 Å². The summed E-state index contributed by atoms with van der Waals surface area (Å²) in [6, 6.07) is 1.88. The molecule has 5 atom stereocenters. The number of carbonyl (C=O) groups excluding carboxylic acids is 3. The molecule has 0 unspecified atom stereocenters. The van der Waals surface area contributed by atoms with Gasteiger partial charge in [0.05, 0.1) is 12.7 Å². The number of hydrogen-bond donors (Lipinski definition) is 0. The van der Waals surface area contributed by atoms with Gasteiger partial charge >= 0.3 is 17.9 Å². The predicted octanol–water partition coefficient (Wildman–Crippen LogP) is 2.20. The van der Waals surface area contributed by atoms with E-state index in [4.69, 9.17) is 23.4 Å². The second kappa shape index (κ2) is 10.2. The summed E-state index contributed by atoms with van der Waals surface area (Å²) in [6.45, 7) is 12.0. The lowest BCUT2D eigenvalue weighted by Crippen LogP contribution is -2.62. The Morgan fingerprint density at radius 3 is 1.74 bits per heavy atom. The highest BCUT2D eigenvalue weighted by atomic mass is 28.4. The number of ether oxygens (including phenoxy) is 4. The van der Waals surface area contributed by atoms with Gasteiger partial charge in [-0.3, -0.25) is 14.4 Å². The minimum absolute atomic E-state index is 0.206. The molecule has 1 rings (SSSR count). The van der Waals surface area contributed by atoms with Gasteiger partial charge in [-0.15, -0.1) is 0 Å². The minimum atomic E-state index is -1.88. The molecule has 0 aromatic rings. The monoisotopic (exact) mass is 404 g/mol. The lowest BCUT2D eigenvalue weighted by Gasteiger charge is -2.44. The van der Waals surface area contributed by atoms with E-state index in [0.717, 1.165) is 12.1 Å². The van der Waals surface area contributed by atoms with Crippen molar-refractivity contribution < 1.29 is 37.8 Å². The maximum Gasteiger partial charge on any atom is 0.303 e. The average molecular weight is 405 g/mol.